The summed E-state index contributed by atoms with van der Waals surface area (Å²) in [6.45, 7) is 8.03. The van der Waals surface area contributed by atoms with Gasteiger partial charge < -0.3 is 15.8 Å². The van der Waals surface area contributed by atoms with E-state index >= 15 is 0 Å². The average Bonchev–Trinajstić information content (AvgIpc) is 2.80. The molecule has 0 radical (unpaired) electrons. The smallest absolute Gasteiger partial charge is 0.223 e. The Bertz CT molecular complexity index is 314. The maximum atomic E-state index is 11.9. The van der Waals surface area contributed by atoms with Crippen LogP contribution in [-0.4, -0.2) is 55.2 Å². The third-order valence-electron chi connectivity index (χ3n) is 4.29. The normalized spacial score (nSPS) is 35.1. The monoisotopic (exact) mass is 283 g/mol. The van der Waals surface area contributed by atoms with Crippen LogP contribution in [0.5, 0.6) is 0 Å². The Morgan fingerprint density at radius 1 is 1.30 bits per heavy atom. The van der Waals surface area contributed by atoms with Gasteiger partial charge in [-0.25, -0.2) is 0 Å². The van der Waals surface area contributed by atoms with Crippen molar-refractivity contribution in [3.8, 4) is 0 Å². The molecule has 0 bridgehead atoms. The third kappa shape index (κ3) is 4.72. The lowest BCUT2D eigenvalue weighted by Crippen LogP contribution is -2.46. The van der Waals surface area contributed by atoms with Gasteiger partial charge in [0.2, 0.25) is 5.91 Å². The summed E-state index contributed by atoms with van der Waals surface area (Å²) in [4.78, 5) is 14.4. The lowest BCUT2D eigenvalue weighted by atomic mass is 10.1. The van der Waals surface area contributed by atoms with E-state index in [0.717, 1.165) is 51.9 Å². The van der Waals surface area contributed by atoms with Gasteiger partial charge in [0.05, 0.1) is 12.2 Å². The minimum atomic E-state index is 0.147. The van der Waals surface area contributed by atoms with Crippen LogP contribution in [-0.2, 0) is 9.53 Å². The molecule has 3 N–H and O–H groups in total. The standard InChI is InChI=1S/C15H29N3O2/c1-11-9-18(10-12(2)20-11)7-3-6-17-15(19)13-4-5-14(16)8-13/h11-14H,3-10,16H2,1-2H3,(H,17,19). The molecule has 4 unspecified atom stereocenters. The zero-order valence-electron chi connectivity index (χ0n) is 12.8. The summed E-state index contributed by atoms with van der Waals surface area (Å²) in [7, 11) is 0. The third-order valence-corrected chi connectivity index (χ3v) is 4.29. The van der Waals surface area contributed by atoms with Crippen LogP contribution in [0.4, 0.5) is 0 Å². The summed E-state index contributed by atoms with van der Waals surface area (Å²) in [6.07, 6.45) is 4.42. The largest absolute Gasteiger partial charge is 0.373 e. The van der Waals surface area contributed by atoms with Crippen LogP contribution in [0.2, 0.25) is 0 Å². The predicted octanol–water partition coefficient (Wildman–Crippen LogP) is 0.729. The number of amides is 1. The predicted molar refractivity (Wildman–Crippen MR) is 79.4 cm³/mol. The number of rotatable bonds is 5. The first-order chi connectivity index (χ1) is 9.54. The fraction of sp³-hybridized carbons (Fsp3) is 0.933. The van der Waals surface area contributed by atoms with Crippen LogP contribution < -0.4 is 11.1 Å². The highest BCUT2D eigenvalue weighted by Crippen LogP contribution is 2.23. The number of hydrogen-bond acceptors (Lipinski definition) is 4. The van der Waals surface area contributed by atoms with Gasteiger partial charge in [0.1, 0.15) is 0 Å². The van der Waals surface area contributed by atoms with Crippen molar-refractivity contribution in [1.29, 1.82) is 0 Å². The van der Waals surface area contributed by atoms with Gasteiger partial charge >= 0.3 is 0 Å². The number of nitrogens with two attached hydrogens (primary N) is 1. The highest BCUT2D eigenvalue weighted by atomic mass is 16.5. The molecule has 0 spiro atoms. The Hall–Kier alpha value is -0.650. The van der Waals surface area contributed by atoms with Gasteiger partial charge in [-0.05, 0) is 39.5 Å². The number of hydrogen-bond donors (Lipinski definition) is 2. The van der Waals surface area contributed by atoms with Crippen molar-refractivity contribution in [2.75, 3.05) is 26.2 Å². The molecule has 0 aromatic carbocycles. The van der Waals surface area contributed by atoms with Gasteiger partial charge in [0.25, 0.3) is 0 Å². The van der Waals surface area contributed by atoms with Crippen LogP contribution in [0.15, 0.2) is 0 Å². The van der Waals surface area contributed by atoms with Crippen LogP contribution in [0.3, 0.4) is 0 Å². The Balaban J connectivity index is 1.58. The molecule has 2 fully saturated rings. The van der Waals surface area contributed by atoms with E-state index in [1.165, 1.54) is 0 Å². The summed E-state index contributed by atoms with van der Waals surface area (Å²) < 4.78 is 5.72. The zero-order valence-corrected chi connectivity index (χ0v) is 12.8. The van der Waals surface area contributed by atoms with Crippen molar-refractivity contribution in [3.05, 3.63) is 0 Å². The topological polar surface area (TPSA) is 67.6 Å². The maximum absolute atomic E-state index is 11.9. The number of carbonyl (C=O) groups excluding carboxylic acids is 1. The summed E-state index contributed by atoms with van der Waals surface area (Å²) in [5.74, 6) is 0.343. The summed E-state index contributed by atoms with van der Waals surface area (Å²) in [5.41, 5.74) is 5.84. The van der Waals surface area contributed by atoms with Gasteiger partial charge in [0.15, 0.2) is 0 Å². The minimum absolute atomic E-state index is 0.147. The molecule has 1 saturated carbocycles. The Labute approximate surface area is 122 Å². The maximum Gasteiger partial charge on any atom is 0.223 e. The number of ether oxygens (including phenoxy) is 1. The molecular weight excluding hydrogens is 254 g/mol. The molecule has 20 heavy (non-hydrogen) atoms. The molecule has 1 aliphatic carbocycles. The molecular formula is C15H29N3O2. The van der Waals surface area contributed by atoms with E-state index in [-0.39, 0.29) is 17.9 Å². The number of nitrogens with zero attached hydrogens (tertiary/aromatic N) is 1. The molecule has 1 heterocycles. The molecule has 5 nitrogen and oxygen atoms in total. The number of nitrogens with one attached hydrogen (secondary N) is 1. The van der Waals surface area contributed by atoms with E-state index in [2.05, 4.69) is 24.1 Å². The number of carbonyl (C=O) groups is 1. The fourth-order valence-electron chi connectivity index (χ4n) is 3.38. The minimum Gasteiger partial charge on any atom is -0.373 e. The first-order valence-electron chi connectivity index (χ1n) is 7.95. The van der Waals surface area contributed by atoms with Gasteiger partial charge in [-0.3, -0.25) is 9.69 Å². The first-order valence-corrected chi connectivity index (χ1v) is 7.95. The van der Waals surface area contributed by atoms with Crippen molar-refractivity contribution in [2.24, 2.45) is 11.7 Å². The first kappa shape index (κ1) is 15.7. The Morgan fingerprint density at radius 3 is 2.60 bits per heavy atom. The van der Waals surface area contributed by atoms with Gasteiger partial charge in [-0.2, -0.15) is 0 Å². The molecule has 1 amide bonds. The van der Waals surface area contributed by atoms with Crippen LogP contribution in [0, 0.1) is 5.92 Å². The zero-order chi connectivity index (χ0) is 14.5. The molecule has 0 aromatic heterocycles. The van der Waals surface area contributed by atoms with E-state index in [9.17, 15) is 4.79 Å². The quantitative estimate of drug-likeness (QED) is 0.730. The van der Waals surface area contributed by atoms with Crippen LogP contribution in [0.1, 0.15) is 39.5 Å². The lowest BCUT2D eigenvalue weighted by molar-refractivity contribution is -0.124. The van der Waals surface area contributed by atoms with Gasteiger partial charge in [-0.15, -0.1) is 0 Å². The second-order valence-corrected chi connectivity index (χ2v) is 6.43. The Kier molecular flexibility index (Phi) is 5.81. The molecule has 5 heteroatoms. The molecule has 2 aliphatic rings. The van der Waals surface area contributed by atoms with E-state index in [0.29, 0.717) is 12.2 Å². The highest BCUT2D eigenvalue weighted by molar-refractivity contribution is 5.78. The van der Waals surface area contributed by atoms with E-state index < -0.39 is 0 Å². The molecule has 0 aromatic rings. The highest BCUT2D eigenvalue weighted by Gasteiger charge is 2.27. The summed E-state index contributed by atoms with van der Waals surface area (Å²) in [5, 5.41) is 3.05. The molecule has 2 rings (SSSR count). The SMILES string of the molecule is CC1CN(CCCNC(=O)C2CCC(N)C2)CC(C)O1. The average molecular weight is 283 g/mol. The van der Waals surface area contributed by atoms with Gasteiger partial charge in [-0.1, -0.05) is 0 Å². The van der Waals surface area contributed by atoms with Crippen LogP contribution >= 0.6 is 0 Å². The summed E-state index contributed by atoms with van der Waals surface area (Å²) in [6, 6.07) is 0.224. The van der Waals surface area contributed by atoms with Crippen molar-refractivity contribution in [3.63, 3.8) is 0 Å². The van der Waals surface area contributed by atoms with E-state index in [1.807, 2.05) is 0 Å². The van der Waals surface area contributed by atoms with Crippen LogP contribution in [0.25, 0.3) is 0 Å². The molecule has 116 valence electrons. The second kappa shape index (κ2) is 7.38. The van der Waals surface area contributed by atoms with Crippen molar-refractivity contribution in [2.45, 2.75) is 57.8 Å². The Morgan fingerprint density at radius 2 is 2.00 bits per heavy atom. The van der Waals surface area contributed by atoms with E-state index in [1.54, 1.807) is 0 Å². The molecule has 1 saturated heterocycles. The lowest BCUT2D eigenvalue weighted by Gasteiger charge is -2.35. The molecule has 1 aliphatic heterocycles. The van der Waals surface area contributed by atoms with E-state index in [4.69, 9.17) is 10.5 Å². The summed E-state index contributed by atoms with van der Waals surface area (Å²) >= 11 is 0. The van der Waals surface area contributed by atoms with Gasteiger partial charge in [0, 0.05) is 38.1 Å². The van der Waals surface area contributed by atoms with Crippen molar-refractivity contribution in [1.82, 2.24) is 10.2 Å². The fourth-order valence-corrected chi connectivity index (χ4v) is 3.38. The van der Waals surface area contributed by atoms with Crippen molar-refractivity contribution < 1.29 is 9.53 Å². The molecule has 4 atom stereocenters. The number of morpholine rings is 1. The second-order valence-electron chi connectivity index (χ2n) is 6.43. The van der Waals surface area contributed by atoms with Crippen molar-refractivity contribution >= 4 is 5.91 Å².